The van der Waals surface area contributed by atoms with Gasteiger partial charge in [-0.3, -0.25) is 14.8 Å². The van der Waals surface area contributed by atoms with Crippen molar-refractivity contribution in [2.75, 3.05) is 5.32 Å². The molecule has 2 N–H and O–H groups in total. The Morgan fingerprint density at radius 2 is 1.81 bits per heavy atom. The van der Waals surface area contributed by atoms with Crippen molar-refractivity contribution in [2.24, 2.45) is 7.05 Å². The van der Waals surface area contributed by atoms with E-state index in [1.165, 1.54) is 0 Å². The number of hydrogen-bond donors (Lipinski definition) is 2. The second-order valence-electron chi connectivity index (χ2n) is 7.14. The van der Waals surface area contributed by atoms with Crippen molar-refractivity contribution in [3.8, 4) is 0 Å². The Labute approximate surface area is 186 Å². The van der Waals surface area contributed by atoms with E-state index in [0.29, 0.717) is 16.4 Å². The van der Waals surface area contributed by atoms with Gasteiger partial charge in [0.15, 0.2) is 0 Å². The van der Waals surface area contributed by atoms with Gasteiger partial charge in [-0.1, -0.05) is 42.8 Å². The normalized spacial score (nSPS) is 11.6. The van der Waals surface area contributed by atoms with E-state index in [0.717, 1.165) is 23.2 Å². The highest BCUT2D eigenvalue weighted by atomic mass is 35.5. The lowest BCUT2D eigenvalue weighted by molar-refractivity contribution is 0.0930. The van der Waals surface area contributed by atoms with Gasteiger partial charge in [-0.15, -0.1) is 0 Å². The second-order valence-corrected chi connectivity index (χ2v) is 7.58. The molecule has 1 heterocycles. The molecule has 2 amide bonds. The Hall–Kier alpha value is -3.32. The Kier molecular flexibility index (Phi) is 7.31. The van der Waals surface area contributed by atoms with E-state index in [4.69, 9.17) is 16.3 Å². The van der Waals surface area contributed by atoms with Crippen molar-refractivity contribution in [2.45, 2.75) is 32.9 Å². The maximum atomic E-state index is 12.5. The molecule has 1 atom stereocenters. The van der Waals surface area contributed by atoms with Gasteiger partial charge in [0.25, 0.3) is 5.91 Å². The van der Waals surface area contributed by atoms with Gasteiger partial charge in [-0.05, 0) is 54.8 Å². The van der Waals surface area contributed by atoms with Gasteiger partial charge in [0.1, 0.15) is 12.3 Å². The predicted molar refractivity (Wildman–Crippen MR) is 120 cm³/mol. The van der Waals surface area contributed by atoms with E-state index in [1.807, 2.05) is 26.0 Å². The summed E-state index contributed by atoms with van der Waals surface area (Å²) in [6, 6.07) is 15.9. The zero-order valence-electron chi connectivity index (χ0n) is 17.7. The van der Waals surface area contributed by atoms with Crippen LogP contribution in [0.25, 0.3) is 0 Å². The first-order valence-corrected chi connectivity index (χ1v) is 10.4. The standard InChI is InChI=1S/C23H25ClN4O3/c1-4-19-13-21(28(3)27-19)22(29)25-15(2)17-7-11-20(12-8-17)26-23(30)31-14-16-5-9-18(24)10-6-16/h5-13,15H,4,14H2,1-3H3,(H,25,29)(H,26,30)/t15-/m0/s1. The summed E-state index contributed by atoms with van der Waals surface area (Å²) in [6.07, 6.45) is 0.222. The molecule has 0 aliphatic heterocycles. The van der Waals surface area contributed by atoms with Gasteiger partial charge in [0.05, 0.1) is 11.7 Å². The van der Waals surface area contributed by atoms with E-state index in [-0.39, 0.29) is 18.6 Å². The predicted octanol–water partition coefficient (Wildman–Crippen LogP) is 4.88. The first-order chi connectivity index (χ1) is 14.9. The van der Waals surface area contributed by atoms with E-state index >= 15 is 0 Å². The molecule has 0 fully saturated rings. The van der Waals surface area contributed by atoms with Crippen LogP contribution in [-0.4, -0.2) is 21.8 Å². The Morgan fingerprint density at radius 1 is 1.13 bits per heavy atom. The molecule has 2 aromatic carbocycles. The summed E-state index contributed by atoms with van der Waals surface area (Å²) in [5.74, 6) is -0.185. The summed E-state index contributed by atoms with van der Waals surface area (Å²) in [5.41, 5.74) is 3.75. The number of nitrogens with one attached hydrogen (secondary N) is 2. The number of aromatic nitrogens is 2. The fraction of sp³-hybridized carbons (Fsp3) is 0.261. The molecule has 3 rings (SSSR count). The van der Waals surface area contributed by atoms with Gasteiger partial charge in [0, 0.05) is 17.8 Å². The zero-order chi connectivity index (χ0) is 22.4. The minimum absolute atomic E-state index is 0.151. The number of aryl methyl sites for hydroxylation is 2. The van der Waals surface area contributed by atoms with Crippen molar-refractivity contribution in [1.82, 2.24) is 15.1 Å². The number of carbonyl (C=O) groups is 2. The third-order valence-electron chi connectivity index (χ3n) is 4.81. The third kappa shape index (κ3) is 6.08. The van der Waals surface area contributed by atoms with E-state index in [2.05, 4.69) is 15.7 Å². The smallest absolute Gasteiger partial charge is 0.411 e. The highest BCUT2D eigenvalue weighted by Crippen LogP contribution is 2.17. The fourth-order valence-corrected chi connectivity index (χ4v) is 3.13. The van der Waals surface area contributed by atoms with Crippen molar-refractivity contribution < 1.29 is 14.3 Å². The lowest BCUT2D eigenvalue weighted by Gasteiger charge is -2.15. The number of anilines is 1. The molecule has 0 radical (unpaired) electrons. The van der Waals surface area contributed by atoms with Crippen LogP contribution in [0, 0.1) is 0 Å². The summed E-state index contributed by atoms with van der Waals surface area (Å²) < 4.78 is 6.80. The molecule has 0 aliphatic rings. The van der Waals surface area contributed by atoms with Gasteiger partial charge in [0.2, 0.25) is 0 Å². The number of nitrogens with zero attached hydrogens (tertiary/aromatic N) is 2. The zero-order valence-corrected chi connectivity index (χ0v) is 18.4. The van der Waals surface area contributed by atoms with E-state index in [1.54, 1.807) is 54.2 Å². The van der Waals surface area contributed by atoms with Gasteiger partial charge >= 0.3 is 6.09 Å². The molecule has 0 aliphatic carbocycles. The summed E-state index contributed by atoms with van der Waals surface area (Å²) in [7, 11) is 1.76. The van der Waals surface area contributed by atoms with Gasteiger partial charge < -0.3 is 10.1 Å². The Morgan fingerprint density at radius 3 is 2.42 bits per heavy atom. The van der Waals surface area contributed by atoms with Crippen molar-refractivity contribution in [3.63, 3.8) is 0 Å². The van der Waals surface area contributed by atoms with Crippen LogP contribution in [0.5, 0.6) is 0 Å². The number of halogens is 1. The summed E-state index contributed by atoms with van der Waals surface area (Å²) in [4.78, 5) is 24.6. The monoisotopic (exact) mass is 440 g/mol. The number of amides is 2. The minimum Gasteiger partial charge on any atom is -0.444 e. The van der Waals surface area contributed by atoms with Crippen LogP contribution in [0.3, 0.4) is 0 Å². The third-order valence-corrected chi connectivity index (χ3v) is 5.07. The van der Waals surface area contributed by atoms with Crippen molar-refractivity contribution in [1.29, 1.82) is 0 Å². The molecule has 0 spiro atoms. The molecule has 0 saturated carbocycles. The SMILES string of the molecule is CCc1cc(C(=O)N[C@@H](C)c2ccc(NC(=O)OCc3ccc(Cl)cc3)cc2)n(C)n1. The van der Waals surface area contributed by atoms with Gasteiger partial charge in [-0.25, -0.2) is 4.79 Å². The quantitative estimate of drug-likeness (QED) is 0.548. The topological polar surface area (TPSA) is 85.3 Å². The van der Waals surface area contributed by atoms with Crippen LogP contribution in [0.4, 0.5) is 10.5 Å². The molecule has 31 heavy (non-hydrogen) atoms. The number of benzene rings is 2. The largest absolute Gasteiger partial charge is 0.444 e. The Balaban J connectivity index is 1.52. The summed E-state index contributed by atoms with van der Waals surface area (Å²) in [6.45, 7) is 4.05. The van der Waals surface area contributed by atoms with Gasteiger partial charge in [-0.2, -0.15) is 5.10 Å². The highest BCUT2D eigenvalue weighted by Gasteiger charge is 2.16. The number of carbonyl (C=O) groups excluding carboxylic acids is 2. The van der Waals surface area contributed by atoms with Crippen molar-refractivity contribution in [3.05, 3.63) is 82.1 Å². The summed E-state index contributed by atoms with van der Waals surface area (Å²) >= 11 is 5.84. The number of ether oxygens (including phenoxy) is 1. The lowest BCUT2D eigenvalue weighted by Crippen LogP contribution is -2.28. The van der Waals surface area contributed by atoms with Crippen LogP contribution < -0.4 is 10.6 Å². The van der Waals surface area contributed by atoms with Crippen LogP contribution in [0.1, 0.15) is 47.2 Å². The number of hydrogen-bond acceptors (Lipinski definition) is 4. The van der Waals surface area contributed by atoms with Crippen LogP contribution in [0.2, 0.25) is 5.02 Å². The average molecular weight is 441 g/mol. The Bertz CT molecular complexity index is 1050. The molecular formula is C23H25ClN4O3. The first-order valence-electron chi connectivity index (χ1n) is 9.97. The minimum atomic E-state index is -0.549. The summed E-state index contributed by atoms with van der Waals surface area (Å²) in [5, 5.41) is 10.6. The van der Waals surface area contributed by atoms with E-state index in [9.17, 15) is 9.59 Å². The van der Waals surface area contributed by atoms with E-state index < -0.39 is 6.09 Å². The fourth-order valence-electron chi connectivity index (χ4n) is 3.00. The van der Waals surface area contributed by atoms with Crippen LogP contribution in [0.15, 0.2) is 54.6 Å². The molecule has 0 bridgehead atoms. The van der Waals surface area contributed by atoms with Crippen LogP contribution in [-0.2, 0) is 24.8 Å². The molecule has 1 aromatic heterocycles. The first kappa shape index (κ1) is 22.4. The molecule has 7 nitrogen and oxygen atoms in total. The molecule has 0 saturated heterocycles. The van der Waals surface area contributed by atoms with Crippen molar-refractivity contribution >= 4 is 29.3 Å². The van der Waals surface area contributed by atoms with Crippen LogP contribution >= 0.6 is 11.6 Å². The molecule has 8 heteroatoms. The maximum Gasteiger partial charge on any atom is 0.411 e. The average Bonchev–Trinajstić information content (AvgIpc) is 3.14. The molecule has 162 valence electrons. The maximum absolute atomic E-state index is 12.5. The highest BCUT2D eigenvalue weighted by molar-refractivity contribution is 6.30. The molecule has 0 unspecified atom stereocenters. The lowest BCUT2D eigenvalue weighted by atomic mass is 10.1. The number of rotatable bonds is 7. The molecule has 3 aromatic rings. The second kappa shape index (κ2) is 10.1. The molecular weight excluding hydrogens is 416 g/mol.